The minimum Gasteiger partial charge on any atom is -0.349 e. The van der Waals surface area contributed by atoms with Gasteiger partial charge in [-0.1, -0.05) is 6.42 Å². The first-order valence-corrected chi connectivity index (χ1v) is 8.28. The fourth-order valence-electron chi connectivity index (χ4n) is 3.09. The molecule has 2 aliphatic carbocycles. The minimum absolute atomic E-state index is 0.0133. The van der Waals surface area contributed by atoms with Gasteiger partial charge in [0.25, 0.3) is 5.91 Å². The number of alkyl halides is 3. The highest BCUT2D eigenvalue weighted by Gasteiger charge is 2.42. The van der Waals surface area contributed by atoms with Gasteiger partial charge in [-0.3, -0.25) is 4.79 Å². The number of carbonyl (C=O) groups excluding carboxylic acids is 1. The minimum atomic E-state index is -4.15. The molecule has 2 atom stereocenters. The molecule has 1 heterocycles. The molecule has 1 amide bonds. The molecule has 2 nitrogen and oxygen atoms in total. The van der Waals surface area contributed by atoms with E-state index in [1.54, 1.807) is 0 Å². The monoisotopic (exact) mass is 317 g/mol. The van der Waals surface area contributed by atoms with Crippen LogP contribution in [0.25, 0.3) is 0 Å². The van der Waals surface area contributed by atoms with Gasteiger partial charge in [0.05, 0.1) is 10.8 Å². The first kappa shape index (κ1) is 14.9. The smallest absolute Gasteiger partial charge is 0.349 e. The van der Waals surface area contributed by atoms with Crippen LogP contribution < -0.4 is 5.32 Å². The molecule has 21 heavy (non-hydrogen) atoms. The van der Waals surface area contributed by atoms with Gasteiger partial charge in [-0.25, -0.2) is 0 Å². The van der Waals surface area contributed by atoms with Crippen LogP contribution in [0.5, 0.6) is 0 Å². The third kappa shape index (κ3) is 3.42. The van der Waals surface area contributed by atoms with Gasteiger partial charge < -0.3 is 5.32 Å². The number of halogens is 3. The highest BCUT2D eigenvalue weighted by Crippen LogP contribution is 2.43. The summed E-state index contributed by atoms with van der Waals surface area (Å²) in [6.07, 6.45) is -0.572. The van der Waals surface area contributed by atoms with E-state index in [4.69, 9.17) is 0 Å². The lowest BCUT2D eigenvalue weighted by Crippen LogP contribution is -2.41. The van der Waals surface area contributed by atoms with E-state index in [9.17, 15) is 18.0 Å². The topological polar surface area (TPSA) is 29.1 Å². The zero-order chi connectivity index (χ0) is 15.0. The van der Waals surface area contributed by atoms with Crippen molar-refractivity contribution in [1.82, 2.24) is 5.32 Å². The number of hydrogen-bond donors (Lipinski definition) is 1. The Bertz CT molecular complexity index is 521. The molecule has 0 unspecified atom stereocenters. The van der Waals surface area contributed by atoms with Gasteiger partial charge in [0.15, 0.2) is 0 Å². The molecule has 1 aromatic heterocycles. The van der Waals surface area contributed by atoms with E-state index in [1.165, 1.54) is 11.3 Å². The van der Waals surface area contributed by atoms with E-state index in [0.29, 0.717) is 23.6 Å². The van der Waals surface area contributed by atoms with Crippen LogP contribution in [0, 0.1) is 5.92 Å². The first-order valence-electron chi connectivity index (χ1n) is 7.40. The van der Waals surface area contributed by atoms with E-state index >= 15 is 0 Å². The summed E-state index contributed by atoms with van der Waals surface area (Å²) in [6.45, 7) is 0. The molecule has 6 heteroatoms. The van der Waals surface area contributed by atoms with Crippen LogP contribution in [0.2, 0.25) is 0 Å². The van der Waals surface area contributed by atoms with E-state index in [0.717, 1.165) is 18.4 Å². The quantitative estimate of drug-likeness (QED) is 0.875. The van der Waals surface area contributed by atoms with E-state index < -0.39 is 12.1 Å². The van der Waals surface area contributed by atoms with Crippen molar-refractivity contribution in [2.24, 2.45) is 5.92 Å². The molecule has 0 aromatic carbocycles. The molecule has 3 rings (SSSR count). The van der Waals surface area contributed by atoms with Crippen molar-refractivity contribution in [3.05, 3.63) is 21.9 Å². The number of amides is 1. The Kier molecular flexibility index (Phi) is 3.99. The SMILES string of the molecule is O=C(N[C@H]1CCC[C@H](C(F)(F)F)C1)c1sccc1C1CC1. The lowest BCUT2D eigenvalue weighted by Gasteiger charge is -2.31. The predicted octanol–water partition coefficient (Wildman–Crippen LogP) is 4.48. The molecule has 2 saturated carbocycles. The number of carbonyl (C=O) groups is 1. The average molecular weight is 317 g/mol. The summed E-state index contributed by atoms with van der Waals surface area (Å²) in [5, 5.41) is 4.71. The van der Waals surface area contributed by atoms with Crippen molar-refractivity contribution in [3.8, 4) is 0 Å². The summed E-state index contributed by atoms with van der Waals surface area (Å²) in [6, 6.07) is 1.61. The maximum absolute atomic E-state index is 12.8. The molecule has 0 aliphatic heterocycles. The molecule has 0 saturated heterocycles. The maximum Gasteiger partial charge on any atom is 0.391 e. The van der Waals surface area contributed by atoms with Crippen molar-refractivity contribution >= 4 is 17.2 Å². The molecular formula is C15H18F3NOS. The summed E-state index contributed by atoms with van der Waals surface area (Å²) in [5.41, 5.74) is 1.07. The highest BCUT2D eigenvalue weighted by molar-refractivity contribution is 7.12. The Labute approximate surface area is 125 Å². The first-order chi connectivity index (χ1) is 9.95. The lowest BCUT2D eigenvalue weighted by molar-refractivity contribution is -0.183. The predicted molar refractivity (Wildman–Crippen MR) is 75.6 cm³/mol. The van der Waals surface area contributed by atoms with Gasteiger partial charge in [0.2, 0.25) is 0 Å². The van der Waals surface area contributed by atoms with Crippen LogP contribution in [-0.2, 0) is 0 Å². The summed E-state index contributed by atoms with van der Waals surface area (Å²) in [4.78, 5) is 13.0. The third-order valence-corrected chi connectivity index (χ3v) is 5.32. The fourth-order valence-corrected chi connectivity index (χ4v) is 3.98. The van der Waals surface area contributed by atoms with Crippen LogP contribution in [0.1, 0.15) is 59.7 Å². The number of thiophene rings is 1. The zero-order valence-electron chi connectivity index (χ0n) is 11.6. The Hall–Kier alpha value is -1.04. The Morgan fingerprint density at radius 3 is 2.67 bits per heavy atom. The Morgan fingerprint density at radius 2 is 2.00 bits per heavy atom. The lowest BCUT2D eigenvalue weighted by atomic mass is 9.85. The number of nitrogens with one attached hydrogen (secondary N) is 1. The zero-order valence-corrected chi connectivity index (χ0v) is 12.4. The van der Waals surface area contributed by atoms with Crippen LogP contribution in [-0.4, -0.2) is 18.1 Å². The van der Waals surface area contributed by atoms with Crippen LogP contribution >= 0.6 is 11.3 Å². The molecule has 0 spiro atoms. The van der Waals surface area contributed by atoms with Gasteiger partial charge in [0, 0.05) is 6.04 Å². The summed E-state index contributed by atoms with van der Waals surface area (Å²) in [5.74, 6) is -0.992. The second-order valence-electron chi connectivity index (χ2n) is 6.05. The summed E-state index contributed by atoms with van der Waals surface area (Å²) < 4.78 is 38.4. The van der Waals surface area contributed by atoms with Crippen molar-refractivity contribution in [1.29, 1.82) is 0 Å². The second kappa shape index (κ2) is 5.63. The fraction of sp³-hybridized carbons (Fsp3) is 0.667. The van der Waals surface area contributed by atoms with Crippen molar-refractivity contribution in [2.45, 2.75) is 56.7 Å². The second-order valence-corrected chi connectivity index (χ2v) is 6.97. The highest BCUT2D eigenvalue weighted by atomic mass is 32.1. The third-order valence-electron chi connectivity index (χ3n) is 4.39. The van der Waals surface area contributed by atoms with Crippen molar-refractivity contribution in [2.75, 3.05) is 0 Å². The van der Waals surface area contributed by atoms with E-state index in [-0.39, 0.29) is 24.8 Å². The Balaban J connectivity index is 1.63. The van der Waals surface area contributed by atoms with Gasteiger partial charge in [0.1, 0.15) is 0 Å². The molecule has 2 aliphatic rings. The number of hydrogen-bond acceptors (Lipinski definition) is 2. The van der Waals surface area contributed by atoms with E-state index in [2.05, 4.69) is 5.32 Å². The summed E-state index contributed by atoms with van der Waals surface area (Å²) >= 11 is 1.39. The normalized spacial score (nSPS) is 26.6. The van der Waals surface area contributed by atoms with Gasteiger partial charge in [-0.05, 0) is 55.0 Å². The van der Waals surface area contributed by atoms with E-state index in [1.807, 2.05) is 11.4 Å². The largest absolute Gasteiger partial charge is 0.391 e. The molecule has 2 fully saturated rings. The standard InChI is InChI=1S/C15H18F3NOS/c16-15(17,18)10-2-1-3-11(8-10)19-14(20)13-12(6-7-21-13)9-4-5-9/h6-7,9-11H,1-5,8H2,(H,19,20)/t10-,11-/m0/s1. The average Bonchev–Trinajstić information content (AvgIpc) is 3.15. The van der Waals surface area contributed by atoms with Gasteiger partial charge >= 0.3 is 6.18 Å². The number of rotatable bonds is 3. The van der Waals surface area contributed by atoms with Crippen molar-refractivity contribution < 1.29 is 18.0 Å². The van der Waals surface area contributed by atoms with Crippen molar-refractivity contribution in [3.63, 3.8) is 0 Å². The molecule has 0 bridgehead atoms. The molecule has 1 N–H and O–H groups in total. The van der Waals surface area contributed by atoms with Crippen LogP contribution in [0.15, 0.2) is 11.4 Å². The molecule has 116 valence electrons. The summed E-state index contributed by atoms with van der Waals surface area (Å²) in [7, 11) is 0. The van der Waals surface area contributed by atoms with Gasteiger partial charge in [-0.2, -0.15) is 13.2 Å². The Morgan fingerprint density at radius 1 is 1.24 bits per heavy atom. The van der Waals surface area contributed by atoms with Gasteiger partial charge in [-0.15, -0.1) is 11.3 Å². The molecule has 0 radical (unpaired) electrons. The molecular weight excluding hydrogens is 299 g/mol. The maximum atomic E-state index is 12.8. The van der Waals surface area contributed by atoms with Crippen LogP contribution in [0.4, 0.5) is 13.2 Å². The van der Waals surface area contributed by atoms with Crippen LogP contribution in [0.3, 0.4) is 0 Å². The molecule has 1 aromatic rings.